The van der Waals surface area contributed by atoms with E-state index >= 15 is 0 Å². The van der Waals surface area contributed by atoms with Crippen LogP contribution in [0.1, 0.15) is 103 Å². The molecule has 0 heterocycles. The number of quaternary nitrogens is 1. The minimum absolute atomic E-state index is 0.131. The number of carbonyl (C=O) groups is 2. The Kier molecular flexibility index (Phi) is 17.6. The highest BCUT2D eigenvalue weighted by atomic mass is 16.5. The van der Waals surface area contributed by atoms with Gasteiger partial charge in [0.2, 0.25) is 0 Å². The van der Waals surface area contributed by atoms with Crippen molar-refractivity contribution < 1.29 is 23.9 Å². The van der Waals surface area contributed by atoms with Gasteiger partial charge in [0, 0.05) is 6.42 Å². The van der Waals surface area contributed by atoms with Crippen LogP contribution in [0.3, 0.4) is 0 Å². The zero-order valence-corrected chi connectivity index (χ0v) is 20.2. The van der Waals surface area contributed by atoms with Crippen LogP contribution in [0.5, 0.6) is 0 Å². The summed E-state index contributed by atoms with van der Waals surface area (Å²) in [4.78, 5) is 23.0. The van der Waals surface area contributed by atoms with Crippen molar-refractivity contribution in [2.45, 2.75) is 109 Å². The fourth-order valence-corrected chi connectivity index (χ4v) is 3.53. The van der Waals surface area contributed by atoms with Crippen molar-refractivity contribution in [1.82, 2.24) is 0 Å². The molecule has 5 heteroatoms. The Morgan fingerprint density at radius 1 is 0.833 bits per heavy atom. The largest absolute Gasteiger partial charge is 0.481 e. The van der Waals surface area contributed by atoms with Crippen LogP contribution >= 0.6 is 0 Å². The SMILES string of the molecule is CCCCCCCCC=CCCCCCCCC(=O)OC(CC(=O)O)C[N+](C)(C)C. The third-order valence-corrected chi connectivity index (χ3v) is 5.09. The molecule has 0 aromatic heterocycles. The number of unbranched alkanes of at least 4 members (excludes halogenated alkanes) is 11. The van der Waals surface area contributed by atoms with Crippen LogP contribution in [0, 0.1) is 0 Å². The van der Waals surface area contributed by atoms with Crippen LogP contribution < -0.4 is 0 Å². The number of carboxylic acids is 1. The minimum Gasteiger partial charge on any atom is -0.481 e. The van der Waals surface area contributed by atoms with E-state index in [9.17, 15) is 9.59 Å². The highest BCUT2D eigenvalue weighted by Gasteiger charge is 2.24. The van der Waals surface area contributed by atoms with Gasteiger partial charge in [0.05, 0.1) is 27.6 Å². The molecule has 0 aliphatic heterocycles. The minimum atomic E-state index is -0.928. The monoisotopic (exact) mass is 426 g/mol. The van der Waals surface area contributed by atoms with E-state index in [-0.39, 0.29) is 12.4 Å². The number of esters is 1. The molecule has 0 aromatic carbocycles. The summed E-state index contributed by atoms with van der Waals surface area (Å²) in [5.74, 6) is -1.20. The molecule has 0 spiro atoms. The Balaban J connectivity index is 3.65. The second-order valence-electron chi connectivity index (χ2n) is 9.52. The maximum Gasteiger partial charge on any atom is 0.307 e. The normalized spacial score (nSPS) is 12.9. The summed E-state index contributed by atoms with van der Waals surface area (Å²) in [6, 6.07) is 0. The van der Waals surface area contributed by atoms with E-state index in [4.69, 9.17) is 9.84 Å². The summed E-state index contributed by atoms with van der Waals surface area (Å²) >= 11 is 0. The summed E-state index contributed by atoms with van der Waals surface area (Å²) < 4.78 is 5.98. The molecule has 0 saturated heterocycles. The van der Waals surface area contributed by atoms with Gasteiger partial charge in [0.15, 0.2) is 6.10 Å². The predicted molar refractivity (Wildman–Crippen MR) is 124 cm³/mol. The number of hydrogen-bond donors (Lipinski definition) is 1. The molecule has 0 aromatic rings. The fourth-order valence-electron chi connectivity index (χ4n) is 3.53. The Morgan fingerprint density at radius 2 is 1.33 bits per heavy atom. The van der Waals surface area contributed by atoms with E-state index in [1.54, 1.807) is 0 Å². The molecule has 0 rings (SSSR count). The molecule has 0 amide bonds. The van der Waals surface area contributed by atoms with Crippen LogP contribution in [0.4, 0.5) is 0 Å². The first-order chi connectivity index (χ1) is 14.2. The second kappa shape index (κ2) is 18.4. The van der Waals surface area contributed by atoms with Gasteiger partial charge in [0.1, 0.15) is 6.54 Å². The van der Waals surface area contributed by atoms with Crippen LogP contribution in [-0.2, 0) is 14.3 Å². The van der Waals surface area contributed by atoms with Gasteiger partial charge in [-0.1, -0.05) is 70.4 Å². The standard InChI is InChI=1S/C25H47NO4/c1-5-6-7-8-9-10-11-12-13-14-15-16-17-18-19-20-25(29)30-23(21-24(27)28)22-26(2,3)4/h12-13,23H,5-11,14-22H2,1-4H3/p+1. The fraction of sp³-hybridized carbons (Fsp3) is 0.840. The molecule has 0 aliphatic rings. The molecule has 0 fully saturated rings. The number of ether oxygens (including phenoxy) is 1. The number of aliphatic carboxylic acids is 1. The van der Waals surface area contributed by atoms with Gasteiger partial charge in [-0.05, 0) is 32.1 Å². The zero-order chi connectivity index (χ0) is 22.7. The molecule has 5 nitrogen and oxygen atoms in total. The van der Waals surface area contributed by atoms with Crippen molar-refractivity contribution in [2.75, 3.05) is 27.7 Å². The summed E-state index contributed by atoms with van der Waals surface area (Å²) in [5.41, 5.74) is 0. The zero-order valence-electron chi connectivity index (χ0n) is 20.2. The lowest BCUT2D eigenvalue weighted by Crippen LogP contribution is -2.43. The summed E-state index contributed by atoms with van der Waals surface area (Å²) in [7, 11) is 5.89. The molecule has 1 atom stereocenters. The van der Waals surface area contributed by atoms with Crippen LogP contribution in [0.15, 0.2) is 12.2 Å². The molecular formula is C25H48NO4+. The van der Waals surface area contributed by atoms with Gasteiger partial charge in [-0.25, -0.2) is 0 Å². The molecule has 176 valence electrons. The second-order valence-corrected chi connectivity index (χ2v) is 9.52. The Morgan fingerprint density at radius 3 is 1.83 bits per heavy atom. The number of allylic oxidation sites excluding steroid dienone is 2. The average Bonchev–Trinajstić information content (AvgIpc) is 2.63. The van der Waals surface area contributed by atoms with Gasteiger partial charge in [0.25, 0.3) is 0 Å². The lowest BCUT2D eigenvalue weighted by Gasteiger charge is -2.28. The van der Waals surface area contributed by atoms with Crippen LogP contribution in [0.25, 0.3) is 0 Å². The Hall–Kier alpha value is -1.36. The highest BCUT2D eigenvalue weighted by Crippen LogP contribution is 2.12. The lowest BCUT2D eigenvalue weighted by molar-refractivity contribution is -0.873. The van der Waals surface area contributed by atoms with Crippen molar-refractivity contribution in [3.05, 3.63) is 12.2 Å². The van der Waals surface area contributed by atoms with Crippen LogP contribution in [-0.4, -0.2) is 55.3 Å². The summed E-state index contributed by atoms with van der Waals surface area (Å²) in [6.07, 6.45) is 20.2. The van der Waals surface area contributed by atoms with E-state index in [0.717, 1.165) is 25.7 Å². The third kappa shape index (κ3) is 21.4. The van der Waals surface area contributed by atoms with Gasteiger partial charge in [-0.3, -0.25) is 9.59 Å². The van der Waals surface area contributed by atoms with Crippen LogP contribution in [0.2, 0.25) is 0 Å². The molecule has 0 aliphatic carbocycles. The van der Waals surface area contributed by atoms with E-state index in [2.05, 4.69) is 19.1 Å². The quantitative estimate of drug-likeness (QED) is 0.110. The summed E-state index contributed by atoms with van der Waals surface area (Å²) in [6.45, 7) is 2.76. The molecule has 0 radical (unpaired) electrons. The summed E-state index contributed by atoms with van der Waals surface area (Å²) in [5, 5.41) is 9.01. The Labute approximate surface area is 185 Å². The molecule has 1 unspecified atom stereocenters. The maximum absolute atomic E-state index is 12.0. The topological polar surface area (TPSA) is 63.6 Å². The third-order valence-electron chi connectivity index (χ3n) is 5.09. The van der Waals surface area contributed by atoms with E-state index in [0.29, 0.717) is 17.4 Å². The van der Waals surface area contributed by atoms with E-state index in [1.165, 1.54) is 57.8 Å². The number of likely N-dealkylation sites (N-methyl/N-ethyl adjacent to an activating group) is 1. The first-order valence-electron chi connectivity index (χ1n) is 12.1. The van der Waals surface area contributed by atoms with Crippen molar-refractivity contribution in [3.63, 3.8) is 0 Å². The first-order valence-corrected chi connectivity index (χ1v) is 12.1. The average molecular weight is 427 g/mol. The number of carbonyl (C=O) groups excluding carboxylic acids is 1. The van der Waals surface area contributed by atoms with Gasteiger partial charge >= 0.3 is 11.9 Å². The van der Waals surface area contributed by atoms with Gasteiger partial charge in [-0.15, -0.1) is 0 Å². The highest BCUT2D eigenvalue weighted by molar-refractivity contribution is 5.71. The van der Waals surface area contributed by atoms with Crippen molar-refractivity contribution in [1.29, 1.82) is 0 Å². The van der Waals surface area contributed by atoms with Crippen molar-refractivity contribution in [3.8, 4) is 0 Å². The van der Waals surface area contributed by atoms with E-state index < -0.39 is 12.1 Å². The Bertz CT molecular complexity index is 468. The lowest BCUT2D eigenvalue weighted by atomic mass is 10.1. The van der Waals surface area contributed by atoms with Gasteiger partial charge < -0.3 is 14.3 Å². The number of hydrogen-bond acceptors (Lipinski definition) is 3. The van der Waals surface area contributed by atoms with Crippen molar-refractivity contribution in [2.24, 2.45) is 0 Å². The number of nitrogens with zero attached hydrogens (tertiary/aromatic N) is 1. The number of carboxylic acid groups (broad SMARTS) is 1. The molecule has 0 bridgehead atoms. The predicted octanol–water partition coefficient (Wildman–Crippen LogP) is 6.12. The molecule has 0 saturated carbocycles. The molecule has 30 heavy (non-hydrogen) atoms. The molecule has 1 N–H and O–H groups in total. The molecular weight excluding hydrogens is 378 g/mol. The first kappa shape index (κ1) is 28.6. The maximum atomic E-state index is 12.0. The van der Waals surface area contributed by atoms with Crippen molar-refractivity contribution >= 4 is 11.9 Å². The van der Waals surface area contributed by atoms with E-state index in [1.807, 2.05) is 21.1 Å². The smallest absolute Gasteiger partial charge is 0.307 e. The number of rotatable bonds is 20. The van der Waals surface area contributed by atoms with Gasteiger partial charge in [-0.2, -0.15) is 0 Å².